The molecule has 4 atom stereocenters. The first-order chi connectivity index (χ1) is 7.25. The van der Waals surface area contributed by atoms with E-state index < -0.39 is 0 Å². The summed E-state index contributed by atoms with van der Waals surface area (Å²) in [6.07, 6.45) is 3.92. The fourth-order valence-corrected chi connectivity index (χ4v) is 3.83. The van der Waals surface area contributed by atoms with E-state index in [0.717, 1.165) is 23.3 Å². The van der Waals surface area contributed by atoms with Crippen LogP contribution < -0.4 is 0 Å². The molecule has 15 heavy (non-hydrogen) atoms. The lowest BCUT2D eigenvalue weighted by Gasteiger charge is -2.27. The maximum absolute atomic E-state index is 13.7. The fourth-order valence-electron chi connectivity index (χ4n) is 3.83. The predicted molar refractivity (Wildman–Crippen MR) is 59.1 cm³/mol. The molecule has 2 saturated carbocycles. The smallest absolute Gasteiger partial charge is 0.126 e. The molecule has 0 N–H and O–H groups in total. The summed E-state index contributed by atoms with van der Waals surface area (Å²) in [5.74, 6) is 2.91. The van der Waals surface area contributed by atoms with E-state index in [0.29, 0.717) is 5.92 Å². The van der Waals surface area contributed by atoms with Crippen molar-refractivity contribution >= 4 is 0 Å². The molecule has 0 heterocycles. The second-order valence-corrected chi connectivity index (χ2v) is 5.34. The summed E-state index contributed by atoms with van der Waals surface area (Å²) in [6.45, 7) is 2.33. The topological polar surface area (TPSA) is 0 Å². The first-order valence-electron chi connectivity index (χ1n) is 6.00. The van der Waals surface area contributed by atoms with Gasteiger partial charge in [0.25, 0.3) is 0 Å². The number of benzene rings is 1. The van der Waals surface area contributed by atoms with Crippen molar-refractivity contribution in [2.45, 2.75) is 32.1 Å². The first-order valence-corrected chi connectivity index (χ1v) is 6.00. The molecule has 0 aliphatic heterocycles. The summed E-state index contributed by atoms with van der Waals surface area (Å²) in [5, 5.41) is 0. The summed E-state index contributed by atoms with van der Waals surface area (Å²) >= 11 is 0. The van der Waals surface area contributed by atoms with Gasteiger partial charge < -0.3 is 0 Å². The Bertz CT molecular complexity index is 371. The second kappa shape index (κ2) is 3.33. The highest BCUT2D eigenvalue weighted by Gasteiger charge is 2.45. The van der Waals surface area contributed by atoms with Crippen LogP contribution in [0.4, 0.5) is 4.39 Å². The average molecular weight is 204 g/mol. The molecule has 1 aromatic carbocycles. The molecule has 3 rings (SSSR count). The van der Waals surface area contributed by atoms with Crippen LogP contribution in [0.15, 0.2) is 24.3 Å². The van der Waals surface area contributed by atoms with Crippen LogP contribution in [0.1, 0.15) is 37.7 Å². The highest BCUT2D eigenvalue weighted by molar-refractivity contribution is 5.25. The number of fused-ring (bicyclic) bond motifs is 2. The maximum atomic E-state index is 13.7. The molecule has 2 unspecified atom stereocenters. The van der Waals surface area contributed by atoms with Gasteiger partial charge >= 0.3 is 0 Å². The largest absolute Gasteiger partial charge is 0.207 e. The molecule has 0 nitrogen and oxygen atoms in total. The maximum Gasteiger partial charge on any atom is 0.126 e. The monoisotopic (exact) mass is 204 g/mol. The highest BCUT2D eigenvalue weighted by Crippen LogP contribution is 2.55. The Morgan fingerprint density at radius 1 is 1.13 bits per heavy atom. The lowest BCUT2D eigenvalue weighted by molar-refractivity contribution is 0.311. The summed E-state index contributed by atoms with van der Waals surface area (Å²) < 4.78 is 13.7. The van der Waals surface area contributed by atoms with Crippen LogP contribution in [-0.4, -0.2) is 0 Å². The zero-order valence-electron chi connectivity index (χ0n) is 9.12. The normalized spacial score (nSPS) is 38.5. The van der Waals surface area contributed by atoms with Crippen molar-refractivity contribution in [3.63, 3.8) is 0 Å². The molecule has 2 fully saturated rings. The van der Waals surface area contributed by atoms with Gasteiger partial charge in [0.1, 0.15) is 5.82 Å². The first kappa shape index (κ1) is 9.38. The Labute approximate surface area is 90.5 Å². The molecule has 0 aromatic heterocycles. The van der Waals surface area contributed by atoms with E-state index in [1.807, 2.05) is 12.1 Å². The Morgan fingerprint density at radius 3 is 2.60 bits per heavy atom. The van der Waals surface area contributed by atoms with Gasteiger partial charge in [-0.2, -0.15) is 0 Å². The van der Waals surface area contributed by atoms with Gasteiger partial charge in [-0.25, -0.2) is 4.39 Å². The fraction of sp³-hybridized carbons (Fsp3) is 0.571. The van der Waals surface area contributed by atoms with E-state index in [1.165, 1.54) is 19.3 Å². The van der Waals surface area contributed by atoms with E-state index >= 15 is 0 Å². The van der Waals surface area contributed by atoms with Crippen molar-refractivity contribution in [3.8, 4) is 0 Å². The van der Waals surface area contributed by atoms with E-state index in [-0.39, 0.29) is 5.82 Å². The number of hydrogen-bond acceptors (Lipinski definition) is 0. The molecule has 80 valence electrons. The van der Waals surface area contributed by atoms with Crippen molar-refractivity contribution in [1.29, 1.82) is 0 Å². The van der Waals surface area contributed by atoms with Crippen LogP contribution in [0, 0.1) is 23.6 Å². The molecule has 2 aliphatic rings. The van der Waals surface area contributed by atoms with Gasteiger partial charge in [0.2, 0.25) is 0 Å². The van der Waals surface area contributed by atoms with Crippen molar-refractivity contribution in [3.05, 3.63) is 35.6 Å². The Balaban J connectivity index is 1.93. The summed E-state index contributed by atoms with van der Waals surface area (Å²) in [7, 11) is 0. The second-order valence-electron chi connectivity index (χ2n) is 5.34. The zero-order valence-corrected chi connectivity index (χ0v) is 9.12. The minimum Gasteiger partial charge on any atom is -0.207 e. The molecule has 1 aromatic rings. The van der Waals surface area contributed by atoms with Gasteiger partial charge in [-0.05, 0) is 54.6 Å². The van der Waals surface area contributed by atoms with Gasteiger partial charge in [-0.1, -0.05) is 25.1 Å². The summed E-state index contributed by atoms with van der Waals surface area (Å²) in [4.78, 5) is 0. The average Bonchev–Trinajstić information content (AvgIpc) is 2.76. The van der Waals surface area contributed by atoms with Gasteiger partial charge in [-0.15, -0.1) is 0 Å². The molecular formula is C14H17F. The molecule has 1 heteroatoms. The Morgan fingerprint density at radius 2 is 1.93 bits per heavy atom. The minimum absolute atomic E-state index is 0.00208. The lowest BCUT2D eigenvalue weighted by atomic mass is 9.78. The van der Waals surface area contributed by atoms with Gasteiger partial charge in [0.05, 0.1) is 0 Å². The van der Waals surface area contributed by atoms with Crippen LogP contribution in [0.5, 0.6) is 0 Å². The zero-order chi connectivity index (χ0) is 10.4. The Kier molecular flexibility index (Phi) is 2.08. The van der Waals surface area contributed by atoms with Crippen LogP contribution in [0.2, 0.25) is 0 Å². The van der Waals surface area contributed by atoms with Gasteiger partial charge in [-0.3, -0.25) is 0 Å². The third-order valence-electron chi connectivity index (χ3n) is 4.45. The van der Waals surface area contributed by atoms with Gasteiger partial charge in [0, 0.05) is 0 Å². The predicted octanol–water partition coefficient (Wildman–Crippen LogP) is 3.98. The molecule has 0 spiro atoms. The molecule has 2 bridgehead atoms. The third-order valence-corrected chi connectivity index (χ3v) is 4.45. The SMILES string of the molecule is C[C@H]1CC2CC1[C@H](c1ccccc1F)C2. The molecule has 0 saturated heterocycles. The summed E-state index contributed by atoms with van der Waals surface area (Å²) in [6, 6.07) is 7.34. The minimum atomic E-state index is 0.00208. The van der Waals surface area contributed by atoms with Crippen LogP contribution >= 0.6 is 0 Å². The van der Waals surface area contributed by atoms with Crippen molar-refractivity contribution in [2.24, 2.45) is 17.8 Å². The quantitative estimate of drug-likeness (QED) is 0.649. The van der Waals surface area contributed by atoms with E-state index in [2.05, 4.69) is 6.92 Å². The van der Waals surface area contributed by atoms with Crippen LogP contribution in [0.25, 0.3) is 0 Å². The molecule has 2 aliphatic carbocycles. The van der Waals surface area contributed by atoms with Crippen molar-refractivity contribution in [2.75, 3.05) is 0 Å². The Hall–Kier alpha value is -0.850. The van der Waals surface area contributed by atoms with Gasteiger partial charge in [0.15, 0.2) is 0 Å². The van der Waals surface area contributed by atoms with Crippen LogP contribution in [-0.2, 0) is 0 Å². The van der Waals surface area contributed by atoms with E-state index in [1.54, 1.807) is 12.1 Å². The number of rotatable bonds is 1. The van der Waals surface area contributed by atoms with Crippen molar-refractivity contribution < 1.29 is 4.39 Å². The third kappa shape index (κ3) is 1.40. The van der Waals surface area contributed by atoms with E-state index in [4.69, 9.17) is 0 Å². The molecule has 0 radical (unpaired) electrons. The van der Waals surface area contributed by atoms with E-state index in [9.17, 15) is 4.39 Å². The molecule has 0 amide bonds. The molecular weight excluding hydrogens is 187 g/mol. The van der Waals surface area contributed by atoms with Crippen LogP contribution in [0.3, 0.4) is 0 Å². The highest BCUT2D eigenvalue weighted by atomic mass is 19.1. The van der Waals surface area contributed by atoms with Crippen molar-refractivity contribution in [1.82, 2.24) is 0 Å². The number of halogens is 1. The summed E-state index contributed by atoms with van der Waals surface area (Å²) in [5.41, 5.74) is 0.969. The lowest BCUT2D eigenvalue weighted by Crippen LogP contribution is -2.17. The standard InChI is InChI=1S/C14H17F/c1-9-6-10-7-12(9)13(8-10)11-4-2-3-5-14(11)15/h2-5,9-10,12-13H,6-8H2,1H3/t9-,10?,12?,13-/m0/s1. The number of hydrogen-bond donors (Lipinski definition) is 0.